The zero-order valence-electron chi connectivity index (χ0n) is 21.7. The van der Waals surface area contributed by atoms with Crippen LogP contribution < -0.4 is 0 Å². The van der Waals surface area contributed by atoms with E-state index >= 15 is 0 Å². The molecule has 1 atom stereocenters. The Hall–Kier alpha value is -2.85. The molecule has 0 N–H and O–H groups in total. The fourth-order valence-electron chi connectivity index (χ4n) is 4.47. The van der Waals surface area contributed by atoms with Crippen molar-refractivity contribution in [3.8, 4) is 6.07 Å². The van der Waals surface area contributed by atoms with Crippen LogP contribution in [0.4, 0.5) is 5.69 Å². The van der Waals surface area contributed by atoms with Gasteiger partial charge in [-0.25, -0.2) is 8.67 Å². The number of nitriles is 1. The van der Waals surface area contributed by atoms with Crippen molar-refractivity contribution in [1.82, 2.24) is 4.31 Å². The number of nitrogens with zero attached hydrogens (tertiary/aromatic N) is 5. The summed E-state index contributed by atoms with van der Waals surface area (Å²) in [4.78, 5) is 10.9. The molecule has 1 unspecified atom stereocenters. The van der Waals surface area contributed by atoms with Crippen LogP contribution in [0.2, 0.25) is 0 Å². The lowest BCUT2D eigenvalue weighted by Crippen LogP contribution is -2.42. The van der Waals surface area contributed by atoms with Gasteiger partial charge in [0.15, 0.2) is 0 Å². The van der Waals surface area contributed by atoms with Crippen molar-refractivity contribution in [2.45, 2.75) is 56.4 Å². The first-order valence-corrected chi connectivity index (χ1v) is 14.8. The molecule has 200 valence electrons. The Morgan fingerprint density at radius 2 is 1.54 bits per heavy atom. The molecule has 37 heavy (non-hydrogen) atoms. The molecule has 2 aromatic carbocycles. The molecule has 3 rings (SSSR count). The first-order valence-electron chi connectivity index (χ1n) is 11.8. The average molecular weight is 548 g/mol. The SMILES string of the molecule is CC(C)(C)CC(C)(C)N=S(=NS(=O)(=O)c1ccc([N+](=O)[O-])cc1)(c1ccc(C#N)cc1)N1CCOCC1. The molecule has 0 saturated carbocycles. The fraction of sp³-hybridized carbons (Fsp3) is 0.480. The third kappa shape index (κ3) is 7.13. The largest absolute Gasteiger partial charge is 0.379 e. The quantitative estimate of drug-likeness (QED) is 0.343. The smallest absolute Gasteiger partial charge is 0.290 e. The van der Waals surface area contributed by atoms with Crippen LogP contribution in [0.1, 0.15) is 46.6 Å². The summed E-state index contributed by atoms with van der Waals surface area (Å²) in [5.74, 6) is 0. The van der Waals surface area contributed by atoms with E-state index in [1.807, 2.05) is 18.2 Å². The number of ether oxygens (including phenoxy) is 1. The lowest BCUT2D eigenvalue weighted by molar-refractivity contribution is -0.384. The van der Waals surface area contributed by atoms with Gasteiger partial charge >= 0.3 is 0 Å². The van der Waals surface area contributed by atoms with Crippen LogP contribution in [0, 0.1) is 26.9 Å². The molecule has 1 aliphatic heterocycles. The molecule has 1 saturated heterocycles. The molecular weight excluding hydrogens is 514 g/mol. The number of benzene rings is 2. The third-order valence-corrected chi connectivity index (χ3v) is 10.7. The minimum atomic E-state index is -4.29. The zero-order valence-corrected chi connectivity index (χ0v) is 23.4. The van der Waals surface area contributed by atoms with Crippen molar-refractivity contribution in [2.75, 3.05) is 26.3 Å². The average Bonchev–Trinajstić information content (AvgIpc) is 2.82. The number of nitro benzene ring substituents is 1. The Morgan fingerprint density at radius 3 is 2.03 bits per heavy atom. The highest BCUT2D eigenvalue weighted by Gasteiger charge is 2.33. The Bertz CT molecular complexity index is 1410. The van der Waals surface area contributed by atoms with Gasteiger partial charge in [0.1, 0.15) is 0 Å². The van der Waals surface area contributed by atoms with E-state index < -0.39 is 30.3 Å². The van der Waals surface area contributed by atoms with Crippen molar-refractivity contribution in [1.29, 1.82) is 5.26 Å². The topological polar surface area (TPSA) is 138 Å². The number of rotatable bonds is 7. The van der Waals surface area contributed by atoms with E-state index in [1.54, 1.807) is 24.3 Å². The fourth-order valence-corrected chi connectivity index (χ4v) is 9.68. The van der Waals surface area contributed by atoms with Crippen LogP contribution in [-0.4, -0.2) is 49.5 Å². The Balaban J connectivity index is 2.39. The monoisotopic (exact) mass is 547 g/mol. The van der Waals surface area contributed by atoms with Crippen LogP contribution >= 0.6 is 0 Å². The molecule has 0 bridgehead atoms. The Labute approximate surface area is 219 Å². The van der Waals surface area contributed by atoms with E-state index in [4.69, 9.17) is 9.10 Å². The van der Waals surface area contributed by atoms with Gasteiger partial charge < -0.3 is 4.74 Å². The van der Waals surface area contributed by atoms with E-state index in [0.717, 1.165) is 12.1 Å². The van der Waals surface area contributed by atoms with E-state index in [2.05, 4.69) is 30.6 Å². The first-order chi connectivity index (χ1) is 17.2. The van der Waals surface area contributed by atoms with E-state index in [0.29, 0.717) is 43.2 Å². The second-order valence-electron chi connectivity index (χ2n) is 10.6. The minimum Gasteiger partial charge on any atom is -0.379 e. The van der Waals surface area contributed by atoms with Crippen molar-refractivity contribution < 1.29 is 18.1 Å². The Kier molecular flexibility index (Phi) is 8.44. The minimum absolute atomic E-state index is 0.0922. The first kappa shape index (κ1) is 28.7. The summed E-state index contributed by atoms with van der Waals surface area (Å²) < 4.78 is 44.8. The van der Waals surface area contributed by atoms with Gasteiger partial charge in [-0.05, 0) is 62.1 Å². The highest BCUT2D eigenvalue weighted by atomic mass is 32.3. The van der Waals surface area contributed by atoms with Gasteiger partial charge in [-0.3, -0.25) is 10.1 Å². The summed E-state index contributed by atoms with van der Waals surface area (Å²) in [5, 5.41) is 20.4. The molecular formula is C25H33N5O5S2. The second kappa shape index (κ2) is 10.9. The van der Waals surface area contributed by atoms with Crippen LogP contribution in [0.25, 0.3) is 0 Å². The molecule has 0 aliphatic carbocycles. The highest BCUT2D eigenvalue weighted by Crippen LogP contribution is 2.35. The summed E-state index contributed by atoms with van der Waals surface area (Å²) in [6, 6.07) is 13.5. The van der Waals surface area contributed by atoms with Crippen LogP contribution in [0.15, 0.2) is 66.5 Å². The number of non-ortho nitro benzene ring substituents is 1. The molecule has 12 heteroatoms. The van der Waals surface area contributed by atoms with Crippen LogP contribution in [0.3, 0.4) is 0 Å². The lowest BCUT2D eigenvalue weighted by Gasteiger charge is -2.37. The van der Waals surface area contributed by atoms with Crippen molar-refractivity contribution in [3.63, 3.8) is 0 Å². The maximum absolute atomic E-state index is 13.8. The van der Waals surface area contributed by atoms with Crippen molar-refractivity contribution in [2.24, 2.45) is 13.5 Å². The molecule has 1 fully saturated rings. The number of hydrogen-bond donors (Lipinski definition) is 0. The lowest BCUT2D eigenvalue weighted by atomic mass is 9.82. The van der Waals surface area contributed by atoms with E-state index in [1.165, 1.54) is 12.1 Å². The summed E-state index contributed by atoms with van der Waals surface area (Å²) in [6.45, 7) is 11.9. The standard InChI is InChI=1S/C25H33N5O5S2/c1-24(2,3)19-25(4,5)27-36(29-14-16-35-17-15-29,22-10-6-20(18-26)7-11-22)28-37(33,34)23-12-8-21(9-13-23)30(31)32/h6-13H,14-17,19H2,1-5H3. The number of hydrogen-bond acceptors (Lipinski definition) is 7. The molecule has 1 heterocycles. The predicted molar refractivity (Wildman–Crippen MR) is 142 cm³/mol. The van der Waals surface area contributed by atoms with Gasteiger partial charge in [-0.1, -0.05) is 20.8 Å². The summed E-state index contributed by atoms with van der Waals surface area (Å²) in [5.41, 5.74) is -0.528. The highest BCUT2D eigenvalue weighted by molar-refractivity contribution is 8.03. The van der Waals surface area contributed by atoms with Crippen LogP contribution in [0.5, 0.6) is 0 Å². The molecule has 0 spiro atoms. The summed E-state index contributed by atoms with van der Waals surface area (Å²) in [7, 11) is -7.18. The Morgan fingerprint density at radius 1 is 1.00 bits per heavy atom. The molecule has 0 aromatic heterocycles. The van der Waals surface area contributed by atoms with Crippen LogP contribution in [-0.2, 0) is 24.6 Å². The van der Waals surface area contributed by atoms with Gasteiger partial charge in [0.05, 0.1) is 40.2 Å². The zero-order chi connectivity index (χ0) is 27.5. The molecule has 0 radical (unpaired) electrons. The number of nitro groups is 1. The molecule has 1 aliphatic rings. The van der Waals surface area contributed by atoms with E-state index in [9.17, 15) is 23.8 Å². The van der Waals surface area contributed by atoms with Gasteiger partial charge in [-0.2, -0.15) is 13.7 Å². The number of sulfonamides is 1. The van der Waals surface area contributed by atoms with Crippen molar-refractivity contribution >= 4 is 25.5 Å². The third-order valence-electron chi connectivity index (χ3n) is 5.51. The van der Waals surface area contributed by atoms with E-state index in [-0.39, 0.29) is 16.0 Å². The molecule has 10 nitrogen and oxygen atoms in total. The predicted octanol–water partition coefficient (Wildman–Crippen LogP) is 5.20. The number of morpholine rings is 1. The molecule has 0 amide bonds. The van der Waals surface area contributed by atoms with Crippen molar-refractivity contribution in [3.05, 3.63) is 64.2 Å². The maximum atomic E-state index is 13.8. The summed E-state index contributed by atoms with van der Waals surface area (Å²) in [6.07, 6.45) is 0.669. The summed E-state index contributed by atoms with van der Waals surface area (Å²) >= 11 is 0. The van der Waals surface area contributed by atoms with Gasteiger partial charge in [0.2, 0.25) is 0 Å². The second-order valence-corrected chi connectivity index (χ2v) is 14.9. The van der Waals surface area contributed by atoms with Gasteiger partial charge in [-0.15, -0.1) is 3.77 Å². The maximum Gasteiger partial charge on any atom is 0.290 e. The van der Waals surface area contributed by atoms with Gasteiger partial charge in [0, 0.05) is 39.9 Å². The molecule has 2 aromatic rings. The van der Waals surface area contributed by atoms with Gasteiger partial charge in [0.25, 0.3) is 15.7 Å². The normalized spacial score (nSPS) is 16.9.